The van der Waals surface area contributed by atoms with E-state index in [1.807, 2.05) is 11.6 Å². The molecule has 0 bridgehead atoms. The molecule has 1 aromatic carbocycles. The lowest BCUT2D eigenvalue weighted by Gasteiger charge is -2.28. The molecule has 1 aliphatic carbocycles. The van der Waals surface area contributed by atoms with Crippen molar-refractivity contribution in [3.05, 3.63) is 52.8 Å². The number of pyridine rings is 1. The van der Waals surface area contributed by atoms with Crippen LogP contribution in [0.1, 0.15) is 79.0 Å². The quantitative estimate of drug-likeness (QED) is 0.488. The number of aliphatic hydroxyl groups is 1. The van der Waals surface area contributed by atoms with Gasteiger partial charge in [0.1, 0.15) is 0 Å². The van der Waals surface area contributed by atoms with Gasteiger partial charge in [-0.05, 0) is 69.6 Å². The van der Waals surface area contributed by atoms with Crippen molar-refractivity contribution in [2.45, 2.75) is 84.5 Å². The third kappa shape index (κ3) is 4.88. The van der Waals surface area contributed by atoms with Gasteiger partial charge in [-0.25, -0.2) is 9.67 Å². The molecular formula is C26H35N5O2. The summed E-state index contributed by atoms with van der Waals surface area (Å²) in [7, 11) is 0. The molecule has 1 amide bonds. The standard InChI is InChI=1S/C26H35N5O2/c1-5-23(18-11-10-16(3)17(4)12-18)30-26(33)22-14-27-25-21(15-28-31(25)6-2)24(22)29-19-8-7-9-20(32)13-19/h10-12,14-15,19-20,23,32H,5-9,13H2,1-4H3,(H,27,29)(H,30,33)/t19-,20-,23?/m1/s1. The van der Waals surface area contributed by atoms with Crippen molar-refractivity contribution in [2.75, 3.05) is 5.32 Å². The summed E-state index contributed by atoms with van der Waals surface area (Å²) in [6.45, 7) is 8.99. The molecule has 2 heterocycles. The Kier molecular flexibility index (Phi) is 6.98. The molecule has 3 N–H and O–H groups in total. The molecule has 2 aromatic heterocycles. The lowest BCUT2D eigenvalue weighted by molar-refractivity contribution is 0.0936. The van der Waals surface area contributed by atoms with Crippen molar-refractivity contribution in [2.24, 2.45) is 0 Å². The minimum Gasteiger partial charge on any atom is -0.393 e. The number of carbonyl (C=O) groups is 1. The number of rotatable bonds is 7. The van der Waals surface area contributed by atoms with Crippen LogP contribution >= 0.6 is 0 Å². The zero-order valence-electron chi connectivity index (χ0n) is 20.1. The van der Waals surface area contributed by atoms with Crippen molar-refractivity contribution >= 4 is 22.6 Å². The summed E-state index contributed by atoms with van der Waals surface area (Å²) in [6.07, 6.45) is 7.35. The lowest BCUT2D eigenvalue weighted by atomic mass is 9.92. The summed E-state index contributed by atoms with van der Waals surface area (Å²) >= 11 is 0. The van der Waals surface area contributed by atoms with Crippen LogP contribution in [0.15, 0.2) is 30.6 Å². The first-order valence-corrected chi connectivity index (χ1v) is 12.1. The molecule has 1 saturated carbocycles. The molecule has 3 atom stereocenters. The number of hydrogen-bond acceptors (Lipinski definition) is 5. The normalized spacial score (nSPS) is 19.4. The molecule has 176 valence electrons. The minimum atomic E-state index is -0.307. The maximum Gasteiger partial charge on any atom is 0.255 e. The van der Waals surface area contributed by atoms with Gasteiger partial charge >= 0.3 is 0 Å². The second kappa shape index (κ2) is 9.91. The van der Waals surface area contributed by atoms with Crippen molar-refractivity contribution < 1.29 is 9.90 Å². The highest BCUT2D eigenvalue weighted by Crippen LogP contribution is 2.31. The third-order valence-electron chi connectivity index (χ3n) is 6.85. The summed E-state index contributed by atoms with van der Waals surface area (Å²) in [6, 6.07) is 6.37. The molecule has 0 saturated heterocycles. The van der Waals surface area contributed by atoms with E-state index >= 15 is 0 Å². The van der Waals surface area contributed by atoms with E-state index in [4.69, 9.17) is 0 Å². The van der Waals surface area contributed by atoms with E-state index in [1.165, 1.54) is 11.1 Å². The molecule has 1 unspecified atom stereocenters. The van der Waals surface area contributed by atoms with Gasteiger partial charge in [0.15, 0.2) is 5.65 Å². The Morgan fingerprint density at radius 1 is 1.21 bits per heavy atom. The maximum atomic E-state index is 13.5. The predicted octanol–water partition coefficient (Wildman–Crippen LogP) is 4.66. The molecule has 7 nitrogen and oxygen atoms in total. The number of hydrogen-bond donors (Lipinski definition) is 3. The van der Waals surface area contributed by atoms with Crippen LogP contribution in [0.25, 0.3) is 11.0 Å². The van der Waals surface area contributed by atoms with E-state index in [-0.39, 0.29) is 24.1 Å². The van der Waals surface area contributed by atoms with Crippen molar-refractivity contribution in [1.82, 2.24) is 20.1 Å². The van der Waals surface area contributed by atoms with Gasteiger partial charge in [0.25, 0.3) is 5.91 Å². The van der Waals surface area contributed by atoms with Gasteiger partial charge in [-0.15, -0.1) is 0 Å². The first-order valence-electron chi connectivity index (χ1n) is 12.1. The summed E-state index contributed by atoms with van der Waals surface area (Å²) in [5.74, 6) is -0.155. The smallest absolute Gasteiger partial charge is 0.255 e. The van der Waals surface area contributed by atoms with E-state index in [0.717, 1.165) is 48.0 Å². The zero-order chi connectivity index (χ0) is 23.5. The van der Waals surface area contributed by atoms with E-state index in [0.29, 0.717) is 18.5 Å². The second-order valence-corrected chi connectivity index (χ2v) is 9.18. The molecule has 0 aliphatic heterocycles. The molecule has 7 heteroatoms. The fraction of sp³-hybridized carbons (Fsp3) is 0.500. The van der Waals surface area contributed by atoms with Crippen LogP contribution in [0.2, 0.25) is 0 Å². The van der Waals surface area contributed by atoms with Crippen LogP contribution in [0.4, 0.5) is 5.69 Å². The number of aromatic nitrogens is 3. The third-order valence-corrected chi connectivity index (χ3v) is 6.85. The molecule has 33 heavy (non-hydrogen) atoms. The van der Waals surface area contributed by atoms with Crippen molar-refractivity contribution in [1.29, 1.82) is 0 Å². The fourth-order valence-electron chi connectivity index (χ4n) is 4.72. The SMILES string of the molecule is CCC(NC(=O)c1cnc2c(cnn2CC)c1N[C@@H]1CCC[C@@H](O)C1)c1ccc(C)c(C)c1. The number of nitrogens with zero attached hydrogens (tertiary/aromatic N) is 3. The summed E-state index contributed by atoms with van der Waals surface area (Å²) in [5.41, 5.74) is 5.59. The van der Waals surface area contributed by atoms with Crippen LogP contribution in [0, 0.1) is 13.8 Å². The largest absolute Gasteiger partial charge is 0.393 e. The van der Waals surface area contributed by atoms with Gasteiger partial charge in [-0.3, -0.25) is 4.79 Å². The number of amides is 1. The van der Waals surface area contributed by atoms with Crippen LogP contribution < -0.4 is 10.6 Å². The number of aliphatic hydroxyl groups excluding tert-OH is 1. The van der Waals surface area contributed by atoms with Gasteiger partial charge in [-0.2, -0.15) is 5.10 Å². The Morgan fingerprint density at radius 3 is 2.73 bits per heavy atom. The number of anilines is 1. The monoisotopic (exact) mass is 449 g/mol. The van der Waals surface area contributed by atoms with Crippen molar-refractivity contribution in [3.63, 3.8) is 0 Å². The van der Waals surface area contributed by atoms with E-state index in [9.17, 15) is 9.90 Å². The summed E-state index contributed by atoms with van der Waals surface area (Å²) in [5, 5.41) is 22.3. The van der Waals surface area contributed by atoms with Gasteiger partial charge in [0.05, 0.1) is 35.0 Å². The average molecular weight is 450 g/mol. The second-order valence-electron chi connectivity index (χ2n) is 9.18. The fourth-order valence-corrected chi connectivity index (χ4v) is 4.72. The first kappa shape index (κ1) is 23.2. The number of benzene rings is 1. The van der Waals surface area contributed by atoms with Crippen LogP contribution in [0.5, 0.6) is 0 Å². The highest BCUT2D eigenvalue weighted by atomic mass is 16.3. The molecule has 4 rings (SSSR count). The Labute approximate surface area is 195 Å². The summed E-state index contributed by atoms with van der Waals surface area (Å²) in [4.78, 5) is 18.1. The molecule has 0 spiro atoms. The number of aryl methyl sites for hydroxylation is 3. The number of carbonyl (C=O) groups excluding carboxylic acids is 1. The Morgan fingerprint density at radius 2 is 2.03 bits per heavy atom. The molecule has 1 aliphatic rings. The van der Waals surface area contributed by atoms with E-state index in [2.05, 4.69) is 59.7 Å². The van der Waals surface area contributed by atoms with E-state index in [1.54, 1.807) is 12.4 Å². The van der Waals surface area contributed by atoms with Gasteiger partial charge in [0, 0.05) is 18.8 Å². The molecular weight excluding hydrogens is 414 g/mol. The first-order chi connectivity index (χ1) is 15.9. The van der Waals surface area contributed by atoms with Crippen LogP contribution in [0.3, 0.4) is 0 Å². The predicted molar refractivity (Wildman–Crippen MR) is 132 cm³/mol. The topological polar surface area (TPSA) is 92.1 Å². The number of fused-ring (bicyclic) bond motifs is 1. The van der Waals surface area contributed by atoms with Crippen LogP contribution in [-0.2, 0) is 6.54 Å². The van der Waals surface area contributed by atoms with Crippen molar-refractivity contribution in [3.8, 4) is 0 Å². The Hall–Kier alpha value is -2.93. The molecule has 1 fully saturated rings. The lowest BCUT2D eigenvalue weighted by Crippen LogP contribution is -2.32. The molecule has 3 aromatic rings. The summed E-state index contributed by atoms with van der Waals surface area (Å²) < 4.78 is 1.84. The van der Waals surface area contributed by atoms with E-state index < -0.39 is 0 Å². The highest BCUT2D eigenvalue weighted by molar-refractivity contribution is 6.06. The maximum absolute atomic E-state index is 13.5. The zero-order valence-corrected chi connectivity index (χ0v) is 20.1. The van der Waals surface area contributed by atoms with Gasteiger partial charge < -0.3 is 15.7 Å². The van der Waals surface area contributed by atoms with Gasteiger partial charge in [0.2, 0.25) is 0 Å². The Bertz CT molecular complexity index is 1140. The average Bonchev–Trinajstić information content (AvgIpc) is 3.23. The highest BCUT2D eigenvalue weighted by Gasteiger charge is 2.25. The number of nitrogens with one attached hydrogen (secondary N) is 2. The van der Waals surface area contributed by atoms with Crippen LogP contribution in [-0.4, -0.2) is 37.9 Å². The molecule has 0 radical (unpaired) electrons. The minimum absolute atomic E-state index is 0.0878. The Balaban J connectivity index is 1.67. The van der Waals surface area contributed by atoms with Gasteiger partial charge in [-0.1, -0.05) is 25.1 Å².